The fourth-order valence-corrected chi connectivity index (χ4v) is 11.4. The number of hydrogen-bond donors (Lipinski definition) is 2. The van der Waals surface area contributed by atoms with Crippen molar-refractivity contribution < 1.29 is 9.84 Å². The first-order chi connectivity index (χ1) is 15.4. The zero-order valence-corrected chi connectivity index (χ0v) is 22.2. The van der Waals surface area contributed by atoms with Gasteiger partial charge in [0.15, 0.2) is 6.40 Å². The van der Waals surface area contributed by atoms with Gasteiger partial charge in [-0.1, -0.05) is 46.8 Å². The van der Waals surface area contributed by atoms with Crippen LogP contribution in [-0.4, -0.2) is 23.2 Å². The van der Waals surface area contributed by atoms with Crippen LogP contribution in [0.1, 0.15) is 106 Å². The van der Waals surface area contributed by atoms with Gasteiger partial charge in [0.05, 0.1) is 6.10 Å². The van der Waals surface area contributed by atoms with Gasteiger partial charge in [-0.3, -0.25) is 5.41 Å². The van der Waals surface area contributed by atoms with Crippen LogP contribution >= 0.6 is 0 Å². The largest absolute Gasteiger partial charge is 0.477 e. The second-order valence-corrected chi connectivity index (χ2v) is 14.4. The first-order valence-corrected chi connectivity index (χ1v) is 13.9. The minimum absolute atomic E-state index is 0.0160. The first-order valence-electron chi connectivity index (χ1n) is 13.9. The molecule has 0 amide bonds. The third kappa shape index (κ3) is 2.87. The number of nitrogens with one attached hydrogen (secondary N) is 1. The smallest absolute Gasteiger partial charge is 0.167 e. The molecular weight excluding hydrogens is 406 g/mol. The Morgan fingerprint density at radius 1 is 0.879 bits per heavy atom. The molecule has 0 heterocycles. The number of aliphatic hydroxyl groups excluding tert-OH is 1. The Morgan fingerprint density at radius 3 is 2.27 bits per heavy atom. The normalized spacial score (nSPS) is 54.9. The van der Waals surface area contributed by atoms with Gasteiger partial charge >= 0.3 is 0 Å². The summed E-state index contributed by atoms with van der Waals surface area (Å²) >= 11 is 0. The second-order valence-electron chi connectivity index (χ2n) is 14.4. The van der Waals surface area contributed by atoms with E-state index in [0.717, 1.165) is 25.2 Å². The summed E-state index contributed by atoms with van der Waals surface area (Å²) in [5.74, 6) is 3.04. The van der Waals surface area contributed by atoms with Crippen LogP contribution in [0.5, 0.6) is 0 Å². The molecule has 5 fully saturated rings. The molecule has 0 aromatic rings. The zero-order valence-electron chi connectivity index (χ0n) is 22.2. The number of allylic oxidation sites excluding steroid dienone is 1. The average molecular weight is 456 g/mol. The highest BCUT2D eigenvalue weighted by molar-refractivity contribution is 5.43. The van der Waals surface area contributed by atoms with Crippen molar-refractivity contribution in [1.82, 2.24) is 0 Å². The molecule has 186 valence electrons. The van der Waals surface area contributed by atoms with E-state index in [9.17, 15) is 5.11 Å². The van der Waals surface area contributed by atoms with Crippen molar-refractivity contribution in [2.75, 3.05) is 0 Å². The van der Waals surface area contributed by atoms with Crippen LogP contribution in [0.25, 0.3) is 0 Å². The van der Waals surface area contributed by atoms with E-state index in [1.54, 1.807) is 0 Å². The Labute approximate surface area is 202 Å². The van der Waals surface area contributed by atoms with Crippen molar-refractivity contribution in [1.29, 1.82) is 5.41 Å². The molecule has 5 saturated carbocycles. The summed E-state index contributed by atoms with van der Waals surface area (Å²) in [6.45, 7) is 19.3. The molecule has 3 nitrogen and oxygen atoms in total. The molecule has 0 aliphatic heterocycles. The summed E-state index contributed by atoms with van der Waals surface area (Å²) in [5, 5.41) is 18.7. The molecular formula is C30H49NO2. The van der Waals surface area contributed by atoms with E-state index in [0.29, 0.717) is 39.9 Å². The molecule has 5 aliphatic carbocycles. The van der Waals surface area contributed by atoms with Crippen molar-refractivity contribution in [2.24, 2.45) is 51.2 Å². The van der Waals surface area contributed by atoms with Crippen molar-refractivity contribution in [2.45, 2.75) is 117 Å². The summed E-state index contributed by atoms with van der Waals surface area (Å²) in [7, 11) is 0. The highest BCUT2D eigenvalue weighted by atomic mass is 16.5. The Kier molecular flexibility index (Phi) is 5.31. The van der Waals surface area contributed by atoms with Gasteiger partial charge in [-0.05, 0) is 116 Å². The molecule has 0 saturated heterocycles. The molecule has 5 aliphatic rings. The summed E-state index contributed by atoms with van der Waals surface area (Å²) < 4.78 is 6.26. The van der Waals surface area contributed by atoms with E-state index < -0.39 is 0 Å². The van der Waals surface area contributed by atoms with Crippen LogP contribution in [0.3, 0.4) is 0 Å². The first kappa shape index (κ1) is 23.9. The average Bonchev–Trinajstić information content (AvgIpc) is 3.12. The molecule has 8 unspecified atom stereocenters. The second kappa shape index (κ2) is 7.34. The van der Waals surface area contributed by atoms with Crippen molar-refractivity contribution in [3.8, 4) is 0 Å². The molecule has 0 aromatic heterocycles. The molecule has 10 atom stereocenters. The predicted octanol–water partition coefficient (Wildman–Crippen LogP) is 7.38. The Balaban J connectivity index is 1.55. The van der Waals surface area contributed by atoms with E-state index in [-0.39, 0.29) is 17.1 Å². The van der Waals surface area contributed by atoms with E-state index in [2.05, 4.69) is 48.1 Å². The van der Waals surface area contributed by atoms with Gasteiger partial charge in [0.25, 0.3) is 0 Å². The van der Waals surface area contributed by atoms with Gasteiger partial charge in [0.2, 0.25) is 0 Å². The van der Waals surface area contributed by atoms with Crippen LogP contribution in [0, 0.1) is 56.7 Å². The van der Waals surface area contributed by atoms with Crippen LogP contribution in [0.15, 0.2) is 12.2 Å². The van der Waals surface area contributed by atoms with Gasteiger partial charge in [0.1, 0.15) is 5.60 Å². The molecule has 2 N–H and O–H groups in total. The maximum Gasteiger partial charge on any atom is 0.167 e. The third-order valence-electron chi connectivity index (χ3n) is 13.3. The van der Waals surface area contributed by atoms with Crippen molar-refractivity contribution in [3.63, 3.8) is 0 Å². The highest BCUT2D eigenvalue weighted by Gasteiger charge is 2.71. The van der Waals surface area contributed by atoms with E-state index in [1.807, 2.05) is 0 Å². The topological polar surface area (TPSA) is 53.3 Å². The lowest BCUT2D eigenvalue weighted by atomic mass is 9.33. The fraction of sp³-hybridized carbons (Fsp3) is 0.900. The third-order valence-corrected chi connectivity index (χ3v) is 13.3. The minimum atomic E-state index is -0.157. The number of ether oxygens (including phenoxy) is 1. The molecule has 5 rings (SSSR count). The number of aliphatic hydroxyl groups is 1. The van der Waals surface area contributed by atoms with E-state index >= 15 is 0 Å². The molecule has 0 aromatic carbocycles. The lowest BCUT2D eigenvalue weighted by Gasteiger charge is -2.72. The number of hydrogen-bond acceptors (Lipinski definition) is 3. The highest BCUT2D eigenvalue weighted by Crippen LogP contribution is 2.76. The Bertz CT molecular complexity index is 835. The summed E-state index contributed by atoms with van der Waals surface area (Å²) in [6.07, 6.45) is 13.0. The molecule has 3 heteroatoms. The van der Waals surface area contributed by atoms with Crippen LogP contribution < -0.4 is 0 Å². The number of rotatable bonds is 3. The molecule has 0 radical (unpaired) electrons. The number of fused-ring (bicyclic) bond motifs is 7. The minimum Gasteiger partial charge on any atom is -0.477 e. The van der Waals surface area contributed by atoms with Crippen molar-refractivity contribution >= 4 is 6.40 Å². The predicted molar refractivity (Wildman–Crippen MR) is 135 cm³/mol. The van der Waals surface area contributed by atoms with Crippen LogP contribution in [0.4, 0.5) is 0 Å². The van der Waals surface area contributed by atoms with Crippen LogP contribution in [0.2, 0.25) is 0 Å². The van der Waals surface area contributed by atoms with Gasteiger partial charge < -0.3 is 9.84 Å². The zero-order chi connectivity index (χ0) is 24.0. The summed E-state index contributed by atoms with van der Waals surface area (Å²) in [4.78, 5) is 0. The van der Waals surface area contributed by atoms with Crippen molar-refractivity contribution in [3.05, 3.63) is 12.2 Å². The molecule has 33 heavy (non-hydrogen) atoms. The van der Waals surface area contributed by atoms with Gasteiger partial charge in [0, 0.05) is 5.92 Å². The fourth-order valence-electron chi connectivity index (χ4n) is 11.4. The molecule has 0 bridgehead atoms. The van der Waals surface area contributed by atoms with Crippen LogP contribution in [-0.2, 0) is 4.74 Å². The monoisotopic (exact) mass is 455 g/mol. The van der Waals surface area contributed by atoms with E-state index in [4.69, 9.17) is 10.1 Å². The quantitative estimate of drug-likeness (QED) is 0.265. The lowest BCUT2D eigenvalue weighted by Crippen LogP contribution is -2.67. The standard InChI is InChI=1S/C30H49NO2/c1-19(2)20-10-15-30(33-18-31)17-16-28(6)21(25(20)30)8-9-23-27(5)13-12-24(32)26(3,4)22(27)11-14-29(23,28)7/h18,20-25,31-32H,1,8-17H2,2-7H3/t20?,21?,22?,23?,24?,25?,27-,28?,29+,30?/m0/s1. The summed E-state index contributed by atoms with van der Waals surface area (Å²) in [6, 6.07) is 0. The SMILES string of the molecule is C=C(C)C1CCC2(OC=N)CCC3(C)C(CCC4[C@@]5(C)CCC(O)C(C)(C)C5CC[C@]43C)C12. The summed E-state index contributed by atoms with van der Waals surface area (Å²) in [5.41, 5.74) is 2.16. The Morgan fingerprint density at radius 2 is 1.61 bits per heavy atom. The lowest BCUT2D eigenvalue weighted by molar-refractivity contribution is -0.252. The van der Waals surface area contributed by atoms with Gasteiger partial charge in [-0.2, -0.15) is 0 Å². The van der Waals surface area contributed by atoms with Gasteiger partial charge in [-0.25, -0.2) is 0 Å². The van der Waals surface area contributed by atoms with E-state index in [1.165, 1.54) is 56.9 Å². The molecule has 0 spiro atoms. The maximum atomic E-state index is 10.9. The Hall–Kier alpha value is -0.830. The maximum absolute atomic E-state index is 10.9. The van der Waals surface area contributed by atoms with Gasteiger partial charge in [-0.15, -0.1) is 0 Å².